The summed E-state index contributed by atoms with van der Waals surface area (Å²) in [6.07, 6.45) is 1.61. The smallest absolute Gasteiger partial charge is 0.294 e. The number of anilines is 1. The molecule has 0 unspecified atom stereocenters. The molecule has 0 aromatic heterocycles. The number of carbonyl (C=O) groups excluding carboxylic acids is 1. The summed E-state index contributed by atoms with van der Waals surface area (Å²) in [5, 5.41) is 9.45. The average molecular weight is 420 g/mol. The maximum absolute atomic E-state index is 13.2. The monoisotopic (exact) mass is 420 g/mol. The lowest BCUT2D eigenvalue weighted by Gasteiger charge is -2.18. The Balaban J connectivity index is 1.79. The van der Waals surface area contributed by atoms with E-state index in [1.165, 1.54) is 41.3 Å². The van der Waals surface area contributed by atoms with Crippen molar-refractivity contribution in [1.29, 1.82) is 0 Å². The molecule has 8 heteroatoms. The van der Waals surface area contributed by atoms with Crippen LogP contribution in [0.1, 0.15) is 11.1 Å². The first-order chi connectivity index (χ1) is 14.3. The van der Waals surface area contributed by atoms with Gasteiger partial charge in [-0.1, -0.05) is 42.5 Å². The summed E-state index contributed by atoms with van der Waals surface area (Å²) in [6.45, 7) is 0. The van der Waals surface area contributed by atoms with Crippen LogP contribution in [0.3, 0.4) is 0 Å². The molecule has 30 heavy (non-hydrogen) atoms. The van der Waals surface area contributed by atoms with Crippen molar-refractivity contribution >= 4 is 33.6 Å². The van der Waals surface area contributed by atoms with Gasteiger partial charge in [0, 0.05) is 5.56 Å². The number of aliphatic imine (C=N–C) groups is 1. The third-order valence-electron chi connectivity index (χ3n) is 4.48. The fourth-order valence-corrected chi connectivity index (χ4v) is 3.51. The number of benzene rings is 3. The van der Waals surface area contributed by atoms with Gasteiger partial charge >= 0.3 is 0 Å². The number of amides is 1. The number of rotatable bonds is 4. The third kappa shape index (κ3) is 3.86. The maximum atomic E-state index is 13.2. The van der Waals surface area contributed by atoms with E-state index in [1.807, 2.05) is 30.3 Å². The van der Waals surface area contributed by atoms with Crippen LogP contribution < -0.4 is 4.90 Å². The zero-order chi connectivity index (χ0) is 21.3. The highest BCUT2D eigenvalue weighted by atomic mass is 32.2. The molecule has 2 N–H and O–H groups in total. The topological polar surface area (TPSA) is 107 Å². The van der Waals surface area contributed by atoms with Crippen molar-refractivity contribution in [3.8, 4) is 5.75 Å². The molecular formula is C22H16N2O5S. The Hall–Kier alpha value is -3.75. The number of hydrogen-bond acceptors (Lipinski definition) is 5. The van der Waals surface area contributed by atoms with Crippen molar-refractivity contribution in [2.24, 2.45) is 4.99 Å². The molecule has 0 atom stereocenters. The lowest BCUT2D eigenvalue weighted by atomic mass is 10.1. The Labute approximate surface area is 173 Å². The van der Waals surface area contributed by atoms with Gasteiger partial charge in [-0.05, 0) is 48.0 Å². The molecule has 7 nitrogen and oxygen atoms in total. The van der Waals surface area contributed by atoms with Crippen LogP contribution in [0.5, 0.6) is 5.75 Å². The summed E-state index contributed by atoms with van der Waals surface area (Å²) >= 11 is 0. The summed E-state index contributed by atoms with van der Waals surface area (Å²) in [4.78, 5) is 18.8. The van der Waals surface area contributed by atoms with Crippen LogP contribution in [0, 0.1) is 0 Å². The van der Waals surface area contributed by atoms with Crippen LogP contribution in [0.15, 0.2) is 94.4 Å². The molecule has 1 heterocycles. The molecular weight excluding hydrogens is 404 g/mol. The van der Waals surface area contributed by atoms with E-state index in [-0.39, 0.29) is 22.2 Å². The largest absolute Gasteiger partial charge is 0.508 e. The van der Waals surface area contributed by atoms with E-state index >= 15 is 0 Å². The number of nitrogens with zero attached hydrogens (tertiary/aromatic N) is 2. The molecule has 3 aromatic rings. The van der Waals surface area contributed by atoms with Crippen molar-refractivity contribution in [2.45, 2.75) is 4.90 Å². The zero-order valence-electron chi connectivity index (χ0n) is 15.5. The minimum absolute atomic E-state index is 0.115. The molecule has 0 fully saturated rings. The molecule has 0 spiro atoms. The van der Waals surface area contributed by atoms with Crippen molar-refractivity contribution in [2.75, 3.05) is 4.90 Å². The summed E-state index contributed by atoms with van der Waals surface area (Å²) in [5.74, 6) is 0.121. The minimum Gasteiger partial charge on any atom is -0.508 e. The van der Waals surface area contributed by atoms with Crippen molar-refractivity contribution in [3.05, 3.63) is 95.7 Å². The van der Waals surface area contributed by atoms with Crippen LogP contribution in [0.25, 0.3) is 6.08 Å². The molecule has 3 aromatic carbocycles. The van der Waals surface area contributed by atoms with Gasteiger partial charge in [-0.25, -0.2) is 4.99 Å². The number of phenolic OH excluding ortho intramolecular Hbond substituents is 1. The molecule has 4 rings (SSSR count). The second-order valence-electron chi connectivity index (χ2n) is 6.53. The zero-order valence-corrected chi connectivity index (χ0v) is 16.3. The SMILES string of the molecule is O=C1C(=Cc2ccc(O)cc2)N=C(c2ccccc2)N1c1ccc(S(=O)(=O)O)cc1. The van der Waals surface area contributed by atoms with Crippen molar-refractivity contribution in [3.63, 3.8) is 0 Å². The first-order valence-corrected chi connectivity index (χ1v) is 10.3. The number of carbonyl (C=O) groups is 1. The van der Waals surface area contributed by atoms with Gasteiger partial charge in [-0.3, -0.25) is 14.2 Å². The lowest BCUT2D eigenvalue weighted by Crippen LogP contribution is -2.32. The van der Waals surface area contributed by atoms with Gasteiger partial charge in [-0.2, -0.15) is 8.42 Å². The van der Waals surface area contributed by atoms with E-state index < -0.39 is 10.1 Å². The quantitative estimate of drug-likeness (QED) is 0.496. The van der Waals surface area contributed by atoms with Crippen LogP contribution in [0.4, 0.5) is 5.69 Å². The van der Waals surface area contributed by atoms with E-state index in [2.05, 4.69) is 4.99 Å². The lowest BCUT2D eigenvalue weighted by molar-refractivity contribution is -0.113. The number of hydrogen-bond donors (Lipinski definition) is 2. The fourth-order valence-electron chi connectivity index (χ4n) is 3.03. The van der Waals surface area contributed by atoms with E-state index in [0.29, 0.717) is 22.6 Å². The van der Waals surface area contributed by atoms with Crippen LogP contribution in [0.2, 0.25) is 0 Å². The minimum atomic E-state index is -4.34. The highest BCUT2D eigenvalue weighted by molar-refractivity contribution is 7.85. The van der Waals surface area contributed by atoms with Gasteiger partial charge in [0.1, 0.15) is 17.3 Å². The van der Waals surface area contributed by atoms with Gasteiger partial charge in [0.05, 0.1) is 10.6 Å². The molecule has 0 saturated heterocycles. The molecule has 1 aliphatic rings. The molecule has 0 radical (unpaired) electrons. The van der Waals surface area contributed by atoms with Crippen LogP contribution in [-0.2, 0) is 14.9 Å². The first-order valence-electron chi connectivity index (χ1n) is 8.90. The van der Waals surface area contributed by atoms with Crippen molar-refractivity contribution in [1.82, 2.24) is 0 Å². The summed E-state index contributed by atoms with van der Waals surface area (Å²) in [5.41, 5.74) is 2.00. The Bertz CT molecular complexity index is 1260. The molecule has 0 aliphatic carbocycles. The molecule has 150 valence electrons. The molecule has 0 bridgehead atoms. The number of phenols is 1. The van der Waals surface area contributed by atoms with E-state index in [4.69, 9.17) is 0 Å². The number of amidine groups is 1. The van der Waals surface area contributed by atoms with Crippen LogP contribution >= 0.6 is 0 Å². The molecule has 1 aliphatic heterocycles. The predicted octanol–water partition coefficient (Wildman–Crippen LogP) is 3.47. The van der Waals surface area contributed by atoms with Gasteiger partial charge in [0.15, 0.2) is 0 Å². The fraction of sp³-hybridized carbons (Fsp3) is 0. The third-order valence-corrected chi connectivity index (χ3v) is 5.35. The molecule has 1 amide bonds. The van der Waals surface area contributed by atoms with E-state index in [0.717, 1.165) is 0 Å². The summed E-state index contributed by atoms with van der Waals surface area (Å²) in [7, 11) is -4.34. The maximum Gasteiger partial charge on any atom is 0.294 e. The Kier molecular flexibility index (Phi) is 4.94. The first kappa shape index (κ1) is 19.6. The van der Waals surface area contributed by atoms with E-state index in [1.54, 1.807) is 18.2 Å². The van der Waals surface area contributed by atoms with E-state index in [9.17, 15) is 22.9 Å². The Morgan fingerprint density at radius 2 is 1.50 bits per heavy atom. The van der Waals surface area contributed by atoms with Gasteiger partial charge in [0.2, 0.25) is 0 Å². The van der Waals surface area contributed by atoms with Gasteiger partial charge < -0.3 is 5.11 Å². The van der Waals surface area contributed by atoms with Crippen molar-refractivity contribution < 1.29 is 22.9 Å². The Morgan fingerprint density at radius 3 is 2.10 bits per heavy atom. The second-order valence-corrected chi connectivity index (χ2v) is 7.95. The standard InChI is InChI=1S/C22H16N2O5S/c25-18-10-6-15(7-11-18)14-20-22(26)24(21(23-20)16-4-2-1-3-5-16)17-8-12-19(13-9-17)30(27,28)29/h1-14,25H,(H,27,28,29). The highest BCUT2D eigenvalue weighted by Gasteiger charge is 2.32. The average Bonchev–Trinajstić information content (AvgIpc) is 3.06. The second kappa shape index (κ2) is 7.58. The summed E-state index contributed by atoms with van der Waals surface area (Å²) in [6, 6.07) is 20.8. The Morgan fingerprint density at radius 1 is 0.867 bits per heavy atom. The predicted molar refractivity (Wildman–Crippen MR) is 113 cm³/mol. The normalized spacial score (nSPS) is 15.5. The van der Waals surface area contributed by atoms with Gasteiger partial charge in [0.25, 0.3) is 16.0 Å². The van der Waals surface area contributed by atoms with Gasteiger partial charge in [-0.15, -0.1) is 0 Å². The summed E-state index contributed by atoms with van der Waals surface area (Å²) < 4.78 is 31.8. The highest BCUT2D eigenvalue weighted by Crippen LogP contribution is 2.29. The van der Waals surface area contributed by atoms with Crippen LogP contribution in [-0.4, -0.2) is 29.8 Å². The molecule has 0 saturated carbocycles. The number of aromatic hydroxyl groups is 1.